The monoisotopic (exact) mass is 243 g/mol. The summed E-state index contributed by atoms with van der Waals surface area (Å²) >= 11 is 5.93. The van der Waals surface area contributed by atoms with Crippen molar-refractivity contribution in [2.45, 2.75) is 6.92 Å². The van der Waals surface area contributed by atoms with Crippen LogP contribution in [-0.2, 0) is 0 Å². The smallest absolute Gasteiger partial charge is 0.251 e. The first-order valence-electron chi connectivity index (χ1n) is 4.83. The maximum atomic E-state index is 11.7. The molecule has 0 aliphatic heterocycles. The summed E-state index contributed by atoms with van der Waals surface area (Å²) in [5.41, 5.74) is 1.26. The van der Waals surface area contributed by atoms with Gasteiger partial charge in [0.25, 0.3) is 5.91 Å². The van der Waals surface area contributed by atoms with E-state index >= 15 is 0 Å². The van der Waals surface area contributed by atoms with Crippen LogP contribution in [-0.4, -0.2) is 31.3 Å². The molecule has 1 aromatic carbocycles. The predicted octanol–water partition coefficient (Wildman–Crippen LogP) is 1.38. The Kier molecular flexibility index (Phi) is 4.58. The Labute approximate surface area is 99.2 Å². The maximum absolute atomic E-state index is 11.7. The third-order valence-corrected chi connectivity index (χ3v) is 2.44. The summed E-state index contributed by atoms with van der Waals surface area (Å²) < 4.78 is 5.04. The van der Waals surface area contributed by atoms with E-state index in [1.807, 2.05) is 0 Å². The van der Waals surface area contributed by atoms with Gasteiger partial charge < -0.3 is 15.2 Å². The molecule has 0 radical (unpaired) electrons. The fourth-order valence-electron chi connectivity index (χ4n) is 1.32. The highest BCUT2D eigenvalue weighted by Gasteiger charge is 2.12. The van der Waals surface area contributed by atoms with Crippen LogP contribution in [0.2, 0.25) is 5.02 Å². The molecule has 16 heavy (non-hydrogen) atoms. The van der Waals surface area contributed by atoms with Crippen LogP contribution in [0.5, 0.6) is 5.75 Å². The Balaban J connectivity index is 2.97. The molecule has 4 nitrogen and oxygen atoms in total. The molecule has 2 N–H and O–H groups in total. The quantitative estimate of drug-likeness (QED) is 0.840. The first-order chi connectivity index (χ1) is 7.60. The number of carbonyl (C=O) groups is 1. The van der Waals surface area contributed by atoms with E-state index in [4.69, 9.17) is 21.4 Å². The summed E-state index contributed by atoms with van der Waals surface area (Å²) in [5.74, 6) is 0.286. The zero-order valence-corrected chi connectivity index (χ0v) is 9.97. The van der Waals surface area contributed by atoms with E-state index in [0.717, 1.165) is 5.56 Å². The number of ether oxygens (including phenoxy) is 1. The summed E-state index contributed by atoms with van der Waals surface area (Å²) in [5, 5.41) is 11.6. The molecule has 0 heterocycles. The van der Waals surface area contributed by atoms with E-state index in [-0.39, 0.29) is 19.1 Å². The van der Waals surface area contributed by atoms with E-state index in [0.29, 0.717) is 16.3 Å². The molecule has 0 saturated carbocycles. The number of hydrogen-bond acceptors (Lipinski definition) is 3. The minimum Gasteiger partial charge on any atom is -0.495 e. The van der Waals surface area contributed by atoms with Crippen molar-refractivity contribution in [3.8, 4) is 5.75 Å². The summed E-state index contributed by atoms with van der Waals surface area (Å²) in [6.45, 7) is 1.93. The molecule has 1 amide bonds. The van der Waals surface area contributed by atoms with Crippen molar-refractivity contribution in [1.29, 1.82) is 0 Å². The number of aliphatic hydroxyl groups excluding tert-OH is 1. The van der Waals surface area contributed by atoms with Gasteiger partial charge in [0, 0.05) is 12.1 Å². The predicted molar refractivity (Wildman–Crippen MR) is 62.2 cm³/mol. The molecule has 0 unspecified atom stereocenters. The lowest BCUT2D eigenvalue weighted by atomic mass is 10.1. The molecule has 0 atom stereocenters. The van der Waals surface area contributed by atoms with Gasteiger partial charge in [-0.2, -0.15) is 0 Å². The molecular formula is C11H14ClNO3. The summed E-state index contributed by atoms with van der Waals surface area (Å²) in [7, 11) is 1.52. The van der Waals surface area contributed by atoms with Crippen LogP contribution in [0.1, 0.15) is 15.9 Å². The van der Waals surface area contributed by atoms with Gasteiger partial charge in [-0.15, -0.1) is 0 Å². The molecule has 0 aliphatic rings. The van der Waals surface area contributed by atoms with Gasteiger partial charge in [-0.25, -0.2) is 0 Å². The van der Waals surface area contributed by atoms with Gasteiger partial charge in [0.2, 0.25) is 0 Å². The van der Waals surface area contributed by atoms with E-state index in [2.05, 4.69) is 5.32 Å². The number of rotatable bonds is 4. The van der Waals surface area contributed by atoms with Crippen LogP contribution in [0.4, 0.5) is 0 Å². The average molecular weight is 244 g/mol. The molecule has 0 saturated heterocycles. The molecule has 88 valence electrons. The lowest BCUT2D eigenvalue weighted by molar-refractivity contribution is 0.0944. The zero-order valence-electron chi connectivity index (χ0n) is 9.21. The van der Waals surface area contributed by atoms with E-state index in [9.17, 15) is 4.79 Å². The molecule has 1 rings (SSSR count). The number of carbonyl (C=O) groups excluding carboxylic acids is 1. The van der Waals surface area contributed by atoms with Gasteiger partial charge >= 0.3 is 0 Å². The minimum atomic E-state index is -0.254. The van der Waals surface area contributed by atoms with E-state index in [1.165, 1.54) is 7.11 Å². The van der Waals surface area contributed by atoms with E-state index in [1.54, 1.807) is 19.1 Å². The number of amides is 1. The highest BCUT2D eigenvalue weighted by atomic mass is 35.5. The van der Waals surface area contributed by atoms with Gasteiger partial charge in [0.05, 0.1) is 18.7 Å². The standard InChI is InChI=1S/C11H14ClNO3/c1-7-5-10(16-2)9(12)6-8(7)11(15)13-3-4-14/h5-6,14H,3-4H2,1-2H3,(H,13,15). The fourth-order valence-corrected chi connectivity index (χ4v) is 1.56. The number of aryl methyl sites for hydroxylation is 1. The summed E-state index contributed by atoms with van der Waals surface area (Å²) in [4.78, 5) is 11.7. The van der Waals surface area contributed by atoms with Gasteiger partial charge in [-0.3, -0.25) is 4.79 Å². The van der Waals surface area contributed by atoms with Gasteiger partial charge in [-0.1, -0.05) is 11.6 Å². The summed E-state index contributed by atoms with van der Waals surface area (Å²) in [6.07, 6.45) is 0. The topological polar surface area (TPSA) is 58.6 Å². The van der Waals surface area contributed by atoms with E-state index < -0.39 is 0 Å². The third-order valence-electron chi connectivity index (χ3n) is 2.14. The average Bonchev–Trinajstić information content (AvgIpc) is 2.28. The Morgan fingerprint density at radius 2 is 2.25 bits per heavy atom. The lowest BCUT2D eigenvalue weighted by Crippen LogP contribution is -2.27. The van der Waals surface area contributed by atoms with Crippen molar-refractivity contribution in [2.24, 2.45) is 0 Å². The van der Waals surface area contributed by atoms with Crippen LogP contribution in [0.3, 0.4) is 0 Å². The highest BCUT2D eigenvalue weighted by molar-refractivity contribution is 6.32. The second kappa shape index (κ2) is 5.72. The van der Waals surface area contributed by atoms with Crippen molar-refractivity contribution >= 4 is 17.5 Å². The third kappa shape index (κ3) is 2.87. The molecule has 0 spiro atoms. The lowest BCUT2D eigenvalue weighted by Gasteiger charge is -2.10. The number of halogens is 1. The second-order valence-electron chi connectivity index (χ2n) is 3.28. The van der Waals surface area contributed by atoms with Crippen LogP contribution < -0.4 is 10.1 Å². The van der Waals surface area contributed by atoms with Crippen molar-refractivity contribution in [1.82, 2.24) is 5.32 Å². The maximum Gasteiger partial charge on any atom is 0.251 e. The van der Waals surface area contributed by atoms with Crippen molar-refractivity contribution in [3.63, 3.8) is 0 Å². The van der Waals surface area contributed by atoms with Crippen LogP contribution >= 0.6 is 11.6 Å². The summed E-state index contributed by atoms with van der Waals surface area (Å²) in [6, 6.07) is 3.26. The SMILES string of the molecule is COc1cc(C)c(C(=O)NCCO)cc1Cl. The Morgan fingerprint density at radius 3 is 2.81 bits per heavy atom. The molecule has 0 aromatic heterocycles. The van der Waals surface area contributed by atoms with Crippen LogP contribution in [0.15, 0.2) is 12.1 Å². The first kappa shape index (κ1) is 12.8. The highest BCUT2D eigenvalue weighted by Crippen LogP contribution is 2.27. The van der Waals surface area contributed by atoms with Gasteiger partial charge in [0.15, 0.2) is 0 Å². The second-order valence-corrected chi connectivity index (χ2v) is 3.69. The fraction of sp³-hybridized carbons (Fsp3) is 0.364. The molecular weight excluding hydrogens is 230 g/mol. The number of nitrogens with one attached hydrogen (secondary N) is 1. The number of methoxy groups -OCH3 is 1. The van der Waals surface area contributed by atoms with Crippen molar-refractivity contribution in [2.75, 3.05) is 20.3 Å². The Bertz CT molecular complexity index is 393. The van der Waals surface area contributed by atoms with Crippen LogP contribution in [0, 0.1) is 6.92 Å². The molecule has 0 fully saturated rings. The number of hydrogen-bond donors (Lipinski definition) is 2. The van der Waals surface area contributed by atoms with Crippen molar-refractivity contribution in [3.05, 3.63) is 28.3 Å². The van der Waals surface area contributed by atoms with Gasteiger partial charge in [0.1, 0.15) is 5.75 Å². The largest absolute Gasteiger partial charge is 0.495 e. The molecule has 5 heteroatoms. The molecule has 1 aromatic rings. The Morgan fingerprint density at radius 1 is 1.56 bits per heavy atom. The zero-order chi connectivity index (χ0) is 12.1. The molecule has 0 bridgehead atoms. The van der Waals surface area contributed by atoms with Gasteiger partial charge in [-0.05, 0) is 24.6 Å². The van der Waals surface area contributed by atoms with Crippen molar-refractivity contribution < 1.29 is 14.6 Å². The normalized spacial score (nSPS) is 10.0. The first-order valence-corrected chi connectivity index (χ1v) is 5.21. The number of aliphatic hydroxyl groups is 1. The Hall–Kier alpha value is -1.26. The molecule has 0 aliphatic carbocycles. The number of benzene rings is 1. The minimum absolute atomic E-state index is 0.0886. The van der Waals surface area contributed by atoms with Crippen LogP contribution in [0.25, 0.3) is 0 Å².